The quantitative estimate of drug-likeness (QED) is 0.771. The van der Waals surface area contributed by atoms with E-state index < -0.39 is 20.0 Å². The van der Waals surface area contributed by atoms with E-state index in [1.165, 1.54) is 19.2 Å². The minimum Gasteiger partial charge on any atom is -0.338 e. The molecule has 1 aromatic heterocycles. The molecule has 0 saturated heterocycles. The molecule has 0 radical (unpaired) electrons. The molecule has 0 atom stereocenters. The average Bonchev–Trinajstić information content (AvgIpc) is 2.94. The van der Waals surface area contributed by atoms with Gasteiger partial charge in [-0.1, -0.05) is 12.1 Å². The number of hydrogen-bond acceptors (Lipinski definition) is 7. The van der Waals surface area contributed by atoms with Gasteiger partial charge in [0.15, 0.2) is 5.82 Å². The molecule has 0 amide bonds. The fourth-order valence-corrected chi connectivity index (χ4v) is 3.39. The number of aryl methyl sites for hydroxylation is 1. The Morgan fingerprint density at radius 3 is 2.17 bits per heavy atom. The van der Waals surface area contributed by atoms with Gasteiger partial charge in [-0.15, -0.1) is 0 Å². The van der Waals surface area contributed by atoms with Crippen molar-refractivity contribution in [2.75, 3.05) is 7.05 Å². The highest BCUT2D eigenvalue weighted by atomic mass is 32.2. The number of hydrogen-bond donors (Lipinski definition) is 1. The summed E-state index contributed by atoms with van der Waals surface area (Å²) in [5.41, 5.74) is 0. The molecule has 1 aromatic carbocycles. The minimum absolute atomic E-state index is 0.0670. The maximum Gasteiger partial charge on any atom is 0.243 e. The van der Waals surface area contributed by atoms with Gasteiger partial charge in [-0.3, -0.25) is 0 Å². The number of nitrogens with two attached hydrogens (primary N) is 1. The molecular formula is C12H16N4O5S2. The van der Waals surface area contributed by atoms with Crippen molar-refractivity contribution < 1.29 is 21.4 Å². The van der Waals surface area contributed by atoms with E-state index in [4.69, 9.17) is 9.66 Å². The third-order valence-electron chi connectivity index (χ3n) is 3.04. The molecule has 2 rings (SSSR count). The van der Waals surface area contributed by atoms with Crippen LogP contribution in [0.5, 0.6) is 0 Å². The molecule has 0 aliphatic heterocycles. The van der Waals surface area contributed by atoms with E-state index in [1.807, 2.05) is 6.92 Å². The third kappa shape index (κ3) is 3.93. The number of nitrogens with zero attached hydrogens (tertiary/aromatic N) is 3. The Kier molecular flexibility index (Phi) is 4.84. The van der Waals surface area contributed by atoms with Crippen LogP contribution in [0.15, 0.2) is 38.6 Å². The van der Waals surface area contributed by atoms with Gasteiger partial charge in [0.1, 0.15) is 0 Å². The summed E-state index contributed by atoms with van der Waals surface area (Å²) in [5.74, 6) is 0.664. The van der Waals surface area contributed by atoms with E-state index in [0.29, 0.717) is 12.2 Å². The molecule has 0 fully saturated rings. The summed E-state index contributed by atoms with van der Waals surface area (Å²) >= 11 is 0. The molecule has 9 nitrogen and oxygen atoms in total. The van der Waals surface area contributed by atoms with Gasteiger partial charge in [0.25, 0.3) is 0 Å². The van der Waals surface area contributed by atoms with Crippen molar-refractivity contribution in [3.05, 3.63) is 36.0 Å². The van der Waals surface area contributed by atoms with Gasteiger partial charge in [0.2, 0.25) is 25.9 Å². The van der Waals surface area contributed by atoms with Crippen LogP contribution in [0.25, 0.3) is 0 Å². The number of primary sulfonamides is 1. The topological polar surface area (TPSA) is 136 Å². The van der Waals surface area contributed by atoms with Gasteiger partial charge in [-0.25, -0.2) is 22.0 Å². The number of aromatic nitrogens is 2. The van der Waals surface area contributed by atoms with E-state index >= 15 is 0 Å². The summed E-state index contributed by atoms with van der Waals surface area (Å²) in [4.78, 5) is 3.81. The first-order valence-electron chi connectivity index (χ1n) is 6.55. The van der Waals surface area contributed by atoms with Crippen molar-refractivity contribution in [3.63, 3.8) is 0 Å². The monoisotopic (exact) mass is 360 g/mol. The first-order chi connectivity index (χ1) is 10.6. The lowest BCUT2D eigenvalue weighted by atomic mass is 10.4. The standard InChI is InChI=1S/C12H16N4O5S2/c1-3-11-14-12(21-15-11)8-16(2)23(19,20)10-6-4-9(5-7-10)22(13,17)18/h4-7H,3,8H2,1-2H3,(H2,13,17,18). The highest BCUT2D eigenvalue weighted by Gasteiger charge is 2.23. The zero-order chi connectivity index (χ0) is 17.3. The molecule has 23 heavy (non-hydrogen) atoms. The van der Waals surface area contributed by atoms with Crippen LogP contribution >= 0.6 is 0 Å². The number of sulfonamides is 2. The maximum absolute atomic E-state index is 12.4. The van der Waals surface area contributed by atoms with Crippen molar-refractivity contribution in [3.8, 4) is 0 Å². The summed E-state index contributed by atoms with van der Waals surface area (Å²) < 4.78 is 53.2. The maximum atomic E-state index is 12.4. The van der Waals surface area contributed by atoms with E-state index in [2.05, 4.69) is 10.1 Å². The Balaban J connectivity index is 2.23. The van der Waals surface area contributed by atoms with Gasteiger partial charge >= 0.3 is 0 Å². The second-order valence-electron chi connectivity index (χ2n) is 4.74. The van der Waals surface area contributed by atoms with Crippen molar-refractivity contribution in [2.24, 2.45) is 5.14 Å². The second-order valence-corrected chi connectivity index (χ2v) is 8.34. The molecule has 0 saturated carbocycles. The van der Waals surface area contributed by atoms with Crippen LogP contribution in [0.3, 0.4) is 0 Å². The minimum atomic E-state index is -3.88. The third-order valence-corrected chi connectivity index (χ3v) is 5.79. The molecule has 2 aromatic rings. The van der Waals surface area contributed by atoms with Gasteiger partial charge in [0, 0.05) is 13.5 Å². The fraction of sp³-hybridized carbons (Fsp3) is 0.333. The highest BCUT2D eigenvalue weighted by Crippen LogP contribution is 2.18. The second kappa shape index (κ2) is 6.35. The van der Waals surface area contributed by atoms with Gasteiger partial charge in [0.05, 0.1) is 16.3 Å². The predicted octanol–water partition coefficient (Wildman–Crippen LogP) is 0.100. The Bertz CT molecular complexity index is 888. The lowest BCUT2D eigenvalue weighted by Crippen LogP contribution is -2.26. The van der Waals surface area contributed by atoms with Crippen molar-refractivity contribution in [2.45, 2.75) is 29.7 Å². The summed E-state index contributed by atoms with van der Waals surface area (Å²) in [6.45, 7) is 1.76. The van der Waals surface area contributed by atoms with Crippen molar-refractivity contribution in [1.29, 1.82) is 0 Å². The molecule has 11 heteroatoms. The van der Waals surface area contributed by atoms with Gasteiger partial charge in [-0.05, 0) is 24.3 Å². The molecule has 126 valence electrons. The van der Waals surface area contributed by atoms with Crippen molar-refractivity contribution in [1.82, 2.24) is 14.4 Å². The zero-order valence-electron chi connectivity index (χ0n) is 12.5. The summed E-state index contributed by atoms with van der Waals surface area (Å²) in [5, 5.41) is 8.67. The molecule has 1 heterocycles. The molecule has 0 aliphatic rings. The Morgan fingerprint density at radius 2 is 1.70 bits per heavy atom. The molecule has 0 aliphatic carbocycles. The average molecular weight is 360 g/mol. The van der Waals surface area contributed by atoms with Gasteiger partial charge < -0.3 is 4.52 Å². The number of rotatable bonds is 6. The van der Waals surface area contributed by atoms with Crippen LogP contribution in [0.1, 0.15) is 18.6 Å². The summed E-state index contributed by atoms with van der Waals surface area (Å²) in [6.07, 6.45) is 0.578. The Morgan fingerprint density at radius 1 is 1.13 bits per heavy atom. The molecule has 0 unspecified atom stereocenters. The molecular weight excluding hydrogens is 344 g/mol. The van der Waals surface area contributed by atoms with E-state index in [1.54, 1.807) is 0 Å². The molecule has 0 spiro atoms. The van der Waals surface area contributed by atoms with Gasteiger partial charge in [-0.2, -0.15) is 9.29 Å². The number of benzene rings is 1. The normalized spacial score (nSPS) is 12.7. The lowest BCUT2D eigenvalue weighted by molar-refractivity contribution is 0.334. The molecule has 0 bridgehead atoms. The van der Waals surface area contributed by atoms with E-state index in [0.717, 1.165) is 16.4 Å². The van der Waals surface area contributed by atoms with Crippen LogP contribution in [0.2, 0.25) is 0 Å². The largest absolute Gasteiger partial charge is 0.338 e. The van der Waals surface area contributed by atoms with E-state index in [9.17, 15) is 16.8 Å². The van der Waals surface area contributed by atoms with Crippen LogP contribution in [-0.4, -0.2) is 38.3 Å². The van der Waals surface area contributed by atoms with Crippen LogP contribution in [-0.2, 0) is 33.0 Å². The Hall–Kier alpha value is -1.82. The predicted molar refractivity (Wildman–Crippen MR) is 80.1 cm³/mol. The van der Waals surface area contributed by atoms with Crippen LogP contribution < -0.4 is 5.14 Å². The van der Waals surface area contributed by atoms with Crippen molar-refractivity contribution >= 4 is 20.0 Å². The first kappa shape index (κ1) is 17.5. The lowest BCUT2D eigenvalue weighted by Gasteiger charge is -2.15. The highest BCUT2D eigenvalue weighted by molar-refractivity contribution is 7.89. The van der Waals surface area contributed by atoms with Crippen LogP contribution in [0, 0.1) is 0 Å². The Labute approximate surface area is 134 Å². The molecule has 2 N–H and O–H groups in total. The fourth-order valence-electron chi connectivity index (χ4n) is 1.75. The smallest absolute Gasteiger partial charge is 0.243 e. The zero-order valence-corrected chi connectivity index (χ0v) is 14.1. The summed E-state index contributed by atoms with van der Waals surface area (Å²) in [7, 11) is -6.34. The SMILES string of the molecule is CCc1noc(CN(C)S(=O)(=O)c2ccc(S(N)(=O)=O)cc2)n1. The first-order valence-corrected chi connectivity index (χ1v) is 9.54. The van der Waals surface area contributed by atoms with Crippen LogP contribution in [0.4, 0.5) is 0 Å². The summed E-state index contributed by atoms with van der Waals surface area (Å²) in [6, 6.07) is 4.63. The van der Waals surface area contributed by atoms with E-state index in [-0.39, 0.29) is 22.2 Å².